The van der Waals surface area contributed by atoms with E-state index in [0.29, 0.717) is 12.2 Å². The van der Waals surface area contributed by atoms with E-state index in [1.54, 1.807) is 0 Å². The molecule has 0 amide bonds. The van der Waals surface area contributed by atoms with E-state index >= 15 is 0 Å². The summed E-state index contributed by atoms with van der Waals surface area (Å²) in [5.74, 6) is 0.927. The second-order valence-electron chi connectivity index (χ2n) is 5.17. The van der Waals surface area contributed by atoms with E-state index in [0.717, 1.165) is 18.5 Å². The molecule has 0 aromatic carbocycles. The van der Waals surface area contributed by atoms with Gasteiger partial charge in [0.05, 0.1) is 12.2 Å². The summed E-state index contributed by atoms with van der Waals surface area (Å²) >= 11 is 0. The van der Waals surface area contributed by atoms with E-state index in [1.165, 1.54) is 32.1 Å². The first kappa shape index (κ1) is 10.4. The molecule has 2 aliphatic rings. The van der Waals surface area contributed by atoms with Crippen LogP contribution in [0.4, 0.5) is 0 Å². The summed E-state index contributed by atoms with van der Waals surface area (Å²) in [4.78, 5) is 0. The minimum absolute atomic E-state index is 0.487. The Balaban J connectivity index is 1.63. The molecule has 1 aliphatic carbocycles. The number of nitrogens with one attached hydrogen (secondary N) is 1. The van der Waals surface area contributed by atoms with Gasteiger partial charge in [-0.05, 0) is 44.9 Å². The van der Waals surface area contributed by atoms with Gasteiger partial charge in [-0.3, -0.25) is 0 Å². The second kappa shape index (κ2) is 4.63. The molecule has 82 valence electrons. The summed E-state index contributed by atoms with van der Waals surface area (Å²) in [6.07, 6.45) is 7.60. The van der Waals surface area contributed by atoms with E-state index in [2.05, 4.69) is 19.2 Å². The third-order valence-corrected chi connectivity index (χ3v) is 3.65. The zero-order chi connectivity index (χ0) is 9.97. The number of hydrogen-bond donors (Lipinski definition) is 1. The van der Waals surface area contributed by atoms with Crippen molar-refractivity contribution in [2.24, 2.45) is 5.92 Å². The Morgan fingerprint density at radius 3 is 2.57 bits per heavy atom. The molecule has 2 nitrogen and oxygen atoms in total. The lowest BCUT2D eigenvalue weighted by molar-refractivity contribution is 0.0544. The zero-order valence-electron chi connectivity index (χ0n) is 9.46. The molecule has 2 heteroatoms. The lowest BCUT2D eigenvalue weighted by Crippen LogP contribution is -2.34. The van der Waals surface area contributed by atoms with Crippen molar-refractivity contribution in [2.75, 3.05) is 6.54 Å². The van der Waals surface area contributed by atoms with Crippen molar-refractivity contribution in [3.63, 3.8) is 0 Å². The van der Waals surface area contributed by atoms with Crippen LogP contribution < -0.4 is 5.32 Å². The maximum atomic E-state index is 5.79. The van der Waals surface area contributed by atoms with Gasteiger partial charge in [-0.2, -0.15) is 0 Å². The summed E-state index contributed by atoms with van der Waals surface area (Å²) in [7, 11) is 0. The SMILES string of the molecule is CC1CCC(NCC2CCC(C)O2)C1. The molecule has 4 unspecified atom stereocenters. The lowest BCUT2D eigenvalue weighted by atomic mass is 10.1. The summed E-state index contributed by atoms with van der Waals surface area (Å²) in [6.45, 7) is 5.61. The fraction of sp³-hybridized carbons (Fsp3) is 1.00. The highest BCUT2D eigenvalue weighted by atomic mass is 16.5. The maximum absolute atomic E-state index is 5.79. The van der Waals surface area contributed by atoms with Gasteiger partial charge in [-0.1, -0.05) is 6.92 Å². The van der Waals surface area contributed by atoms with Gasteiger partial charge in [0.1, 0.15) is 0 Å². The molecule has 14 heavy (non-hydrogen) atoms. The van der Waals surface area contributed by atoms with Crippen LogP contribution in [0.2, 0.25) is 0 Å². The van der Waals surface area contributed by atoms with E-state index in [4.69, 9.17) is 4.74 Å². The van der Waals surface area contributed by atoms with Gasteiger partial charge < -0.3 is 10.1 Å². The van der Waals surface area contributed by atoms with E-state index < -0.39 is 0 Å². The standard InChI is InChI=1S/C12H23NO/c1-9-3-5-11(7-9)13-8-12-6-4-10(2)14-12/h9-13H,3-8H2,1-2H3. The highest BCUT2D eigenvalue weighted by molar-refractivity contribution is 4.81. The van der Waals surface area contributed by atoms with E-state index in [1.807, 2.05) is 0 Å². The molecule has 2 fully saturated rings. The number of hydrogen-bond acceptors (Lipinski definition) is 2. The Bertz CT molecular complexity index is 163. The van der Waals surface area contributed by atoms with Gasteiger partial charge in [0, 0.05) is 12.6 Å². The van der Waals surface area contributed by atoms with Crippen LogP contribution in [0.15, 0.2) is 0 Å². The molecule has 0 aromatic heterocycles. The minimum Gasteiger partial charge on any atom is -0.374 e. The highest BCUT2D eigenvalue weighted by Crippen LogP contribution is 2.25. The zero-order valence-corrected chi connectivity index (χ0v) is 9.46. The van der Waals surface area contributed by atoms with E-state index in [-0.39, 0.29) is 0 Å². The van der Waals surface area contributed by atoms with Crippen LogP contribution in [0, 0.1) is 5.92 Å². The Morgan fingerprint density at radius 1 is 1.14 bits per heavy atom. The number of rotatable bonds is 3. The first-order chi connectivity index (χ1) is 6.74. The van der Waals surface area contributed by atoms with Crippen molar-refractivity contribution in [3.8, 4) is 0 Å². The lowest BCUT2D eigenvalue weighted by Gasteiger charge is -2.16. The van der Waals surface area contributed by atoms with Crippen LogP contribution >= 0.6 is 0 Å². The fourth-order valence-corrected chi connectivity index (χ4v) is 2.73. The largest absolute Gasteiger partial charge is 0.374 e. The third-order valence-electron chi connectivity index (χ3n) is 3.65. The maximum Gasteiger partial charge on any atom is 0.0704 e. The van der Waals surface area contributed by atoms with Crippen molar-refractivity contribution in [1.29, 1.82) is 0 Å². The Labute approximate surface area is 87.4 Å². The molecule has 1 saturated heterocycles. The molecule has 1 N–H and O–H groups in total. The summed E-state index contributed by atoms with van der Waals surface area (Å²) < 4.78 is 5.79. The van der Waals surface area contributed by atoms with Gasteiger partial charge in [0.25, 0.3) is 0 Å². The minimum atomic E-state index is 0.487. The highest BCUT2D eigenvalue weighted by Gasteiger charge is 2.25. The quantitative estimate of drug-likeness (QED) is 0.750. The monoisotopic (exact) mass is 197 g/mol. The average Bonchev–Trinajstić information content (AvgIpc) is 2.72. The van der Waals surface area contributed by atoms with Gasteiger partial charge in [0.15, 0.2) is 0 Å². The first-order valence-corrected chi connectivity index (χ1v) is 6.13. The Morgan fingerprint density at radius 2 is 2.00 bits per heavy atom. The van der Waals surface area contributed by atoms with Crippen molar-refractivity contribution in [1.82, 2.24) is 5.32 Å². The van der Waals surface area contributed by atoms with Gasteiger partial charge >= 0.3 is 0 Å². The molecular weight excluding hydrogens is 174 g/mol. The molecule has 0 bridgehead atoms. The topological polar surface area (TPSA) is 21.3 Å². The molecular formula is C12H23NO. The first-order valence-electron chi connectivity index (χ1n) is 6.13. The predicted molar refractivity (Wildman–Crippen MR) is 58.4 cm³/mol. The molecule has 0 radical (unpaired) electrons. The van der Waals surface area contributed by atoms with E-state index in [9.17, 15) is 0 Å². The molecule has 4 atom stereocenters. The number of ether oxygens (including phenoxy) is 1. The van der Waals surface area contributed by atoms with Crippen molar-refractivity contribution < 1.29 is 4.74 Å². The van der Waals surface area contributed by atoms with Crippen LogP contribution in [0.3, 0.4) is 0 Å². The van der Waals surface area contributed by atoms with Crippen LogP contribution in [0.5, 0.6) is 0 Å². The Hall–Kier alpha value is -0.0800. The normalized spacial score (nSPS) is 43.3. The van der Waals surface area contributed by atoms with Crippen molar-refractivity contribution in [2.45, 2.75) is 64.2 Å². The van der Waals surface area contributed by atoms with Crippen molar-refractivity contribution >= 4 is 0 Å². The molecule has 1 saturated carbocycles. The molecule has 1 heterocycles. The smallest absolute Gasteiger partial charge is 0.0704 e. The molecule has 1 aliphatic heterocycles. The molecule has 2 rings (SSSR count). The van der Waals surface area contributed by atoms with Crippen LogP contribution in [0.25, 0.3) is 0 Å². The van der Waals surface area contributed by atoms with Crippen LogP contribution in [-0.2, 0) is 4.74 Å². The third kappa shape index (κ3) is 2.71. The van der Waals surface area contributed by atoms with Gasteiger partial charge in [-0.25, -0.2) is 0 Å². The van der Waals surface area contributed by atoms with Crippen molar-refractivity contribution in [3.05, 3.63) is 0 Å². The van der Waals surface area contributed by atoms with Gasteiger partial charge in [0.2, 0.25) is 0 Å². The molecule has 0 aromatic rings. The van der Waals surface area contributed by atoms with Gasteiger partial charge in [-0.15, -0.1) is 0 Å². The molecule has 0 spiro atoms. The predicted octanol–water partition coefficient (Wildman–Crippen LogP) is 2.33. The average molecular weight is 197 g/mol. The van der Waals surface area contributed by atoms with Crippen LogP contribution in [-0.4, -0.2) is 24.8 Å². The fourth-order valence-electron chi connectivity index (χ4n) is 2.73. The second-order valence-corrected chi connectivity index (χ2v) is 5.17. The van der Waals surface area contributed by atoms with Crippen LogP contribution in [0.1, 0.15) is 46.0 Å². The summed E-state index contributed by atoms with van der Waals surface area (Å²) in [5.41, 5.74) is 0. The Kier molecular flexibility index (Phi) is 3.45. The summed E-state index contributed by atoms with van der Waals surface area (Å²) in [6, 6.07) is 0.768. The summed E-state index contributed by atoms with van der Waals surface area (Å²) in [5, 5.41) is 3.65.